The molecule has 5 nitrogen and oxygen atoms in total. The van der Waals surface area contributed by atoms with Crippen molar-refractivity contribution in [1.82, 2.24) is 15.0 Å². The molecule has 2 heterocycles. The second-order valence-electron chi connectivity index (χ2n) is 8.02. The highest BCUT2D eigenvalue weighted by Crippen LogP contribution is 2.48. The van der Waals surface area contributed by atoms with Crippen LogP contribution in [0.4, 0.5) is 13.2 Å². The Morgan fingerprint density at radius 1 is 1.22 bits per heavy atom. The Balaban J connectivity index is 1.54. The molecular formula is C19H20F3N3O2. The number of benzene rings is 1. The average Bonchev–Trinajstić information content (AvgIpc) is 3.31. The van der Waals surface area contributed by atoms with E-state index in [1.165, 1.54) is 0 Å². The molecule has 1 amide bonds. The molecule has 1 saturated carbocycles. The van der Waals surface area contributed by atoms with Gasteiger partial charge in [-0.3, -0.25) is 4.79 Å². The van der Waals surface area contributed by atoms with Gasteiger partial charge in [0.1, 0.15) is 0 Å². The van der Waals surface area contributed by atoms with E-state index in [0.717, 1.165) is 25.8 Å². The Hall–Kier alpha value is -2.38. The summed E-state index contributed by atoms with van der Waals surface area (Å²) in [6.07, 6.45) is -1.36. The van der Waals surface area contributed by atoms with Gasteiger partial charge in [-0.15, -0.1) is 0 Å². The summed E-state index contributed by atoms with van der Waals surface area (Å²) >= 11 is 0. The molecule has 1 aliphatic carbocycles. The Kier molecular flexibility index (Phi) is 4.05. The van der Waals surface area contributed by atoms with Crippen molar-refractivity contribution in [1.29, 1.82) is 0 Å². The predicted octanol–water partition coefficient (Wildman–Crippen LogP) is 4.41. The van der Waals surface area contributed by atoms with Crippen molar-refractivity contribution in [2.24, 2.45) is 11.3 Å². The van der Waals surface area contributed by atoms with Gasteiger partial charge >= 0.3 is 12.1 Å². The lowest BCUT2D eigenvalue weighted by Crippen LogP contribution is -2.36. The number of nitrogens with zero attached hydrogens (tertiary/aromatic N) is 3. The van der Waals surface area contributed by atoms with Crippen LogP contribution in [0, 0.1) is 11.3 Å². The SMILES string of the molecule is CC1(C)CN(C(=O)c2ccc(-c3noc(C(F)(F)F)n3)cc2)[C@@H]2CCC[C@H]21. The minimum Gasteiger partial charge on any atom is -0.335 e. The van der Waals surface area contributed by atoms with Crippen LogP contribution in [0.15, 0.2) is 28.8 Å². The molecule has 8 heteroatoms. The highest BCUT2D eigenvalue weighted by Gasteiger charge is 2.50. The molecule has 1 aliphatic heterocycles. The first-order valence-electron chi connectivity index (χ1n) is 8.99. The van der Waals surface area contributed by atoms with E-state index < -0.39 is 12.1 Å². The van der Waals surface area contributed by atoms with Gasteiger partial charge in [-0.05, 0) is 36.3 Å². The fourth-order valence-electron chi connectivity index (χ4n) is 4.50. The van der Waals surface area contributed by atoms with Crippen LogP contribution >= 0.6 is 0 Å². The number of aromatic nitrogens is 2. The molecule has 2 fully saturated rings. The lowest BCUT2D eigenvalue weighted by molar-refractivity contribution is -0.159. The first kappa shape index (κ1) is 18.0. The van der Waals surface area contributed by atoms with Gasteiger partial charge in [-0.2, -0.15) is 18.2 Å². The van der Waals surface area contributed by atoms with Crippen molar-refractivity contribution >= 4 is 5.91 Å². The fourth-order valence-corrected chi connectivity index (χ4v) is 4.50. The fraction of sp³-hybridized carbons (Fsp3) is 0.526. The molecule has 0 N–H and O–H groups in total. The maximum atomic E-state index is 13.0. The molecule has 0 spiro atoms. The molecule has 144 valence electrons. The second kappa shape index (κ2) is 6.07. The third kappa shape index (κ3) is 3.11. The zero-order valence-corrected chi connectivity index (χ0v) is 15.1. The molecule has 2 aliphatic rings. The number of rotatable bonds is 2. The van der Waals surface area contributed by atoms with Crippen LogP contribution in [0.3, 0.4) is 0 Å². The predicted molar refractivity (Wildman–Crippen MR) is 90.7 cm³/mol. The summed E-state index contributed by atoms with van der Waals surface area (Å²) in [4.78, 5) is 18.3. The van der Waals surface area contributed by atoms with Crippen LogP contribution in [-0.2, 0) is 6.18 Å². The van der Waals surface area contributed by atoms with Crippen molar-refractivity contribution in [3.8, 4) is 11.4 Å². The summed E-state index contributed by atoms with van der Waals surface area (Å²) in [6.45, 7) is 5.14. The number of hydrogen-bond donors (Lipinski definition) is 0. The van der Waals surface area contributed by atoms with Crippen LogP contribution in [-0.4, -0.2) is 33.5 Å². The normalized spacial score (nSPS) is 24.3. The molecule has 1 saturated heterocycles. The minimum absolute atomic E-state index is 0.0342. The lowest BCUT2D eigenvalue weighted by Gasteiger charge is -2.24. The first-order chi connectivity index (χ1) is 12.7. The van der Waals surface area contributed by atoms with Gasteiger partial charge in [-0.25, -0.2) is 0 Å². The van der Waals surface area contributed by atoms with Gasteiger partial charge < -0.3 is 9.42 Å². The summed E-state index contributed by atoms with van der Waals surface area (Å²) in [5.74, 6) is -1.04. The van der Waals surface area contributed by atoms with Crippen LogP contribution in [0.1, 0.15) is 49.4 Å². The third-order valence-electron chi connectivity index (χ3n) is 5.78. The van der Waals surface area contributed by atoms with Crippen molar-refractivity contribution in [3.63, 3.8) is 0 Å². The zero-order chi connectivity index (χ0) is 19.4. The number of fused-ring (bicyclic) bond motifs is 1. The average molecular weight is 379 g/mol. The summed E-state index contributed by atoms with van der Waals surface area (Å²) in [5, 5.41) is 3.37. The van der Waals surface area contributed by atoms with Gasteiger partial charge in [0, 0.05) is 23.7 Å². The molecule has 2 atom stereocenters. The number of carbonyl (C=O) groups excluding carboxylic acids is 1. The highest BCUT2D eigenvalue weighted by atomic mass is 19.4. The highest BCUT2D eigenvalue weighted by molar-refractivity contribution is 5.95. The van der Waals surface area contributed by atoms with Crippen LogP contribution in [0.5, 0.6) is 0 Å². The molecule has 27 heavy (non-hydrogen) atoms. The van der Waals surface area contributed by atoms with Gasteiger partial charge in [0.05, 0.1) is 0 Å². The first-order valence-corrected chi connectivity index (χ1v) is 8.99. The largest absolute Gasteiger partial charge is 0.471 e. The molecule has 0 unspecified atom stereocenters. The van der Waals surface area contributed by atoms with Crippen molar-refractivity contribution in [2.75, 3.05) is 6.54 Å². The number of halogens is 3. The molecule has 0 bridgehead atoms. The quantitative estimate of drug-likeness (QED) is 0.776. The lowest BCUT2D eigenvalue weighted by atomic mass is 9.80. The van der Waals surface area contributed by atoms with Gasteiger partial charge in [0.2, 0.25) is 5.82 Å². The van der Waals surface area contributed by atoms with E-state index in [2.05, 4.69) is 28.5 Å². The summed E-state index contributed by atoms with van der Waals surface area (Å²) in [5.41, 5.74) is 0.989. The molecule has 1 aromatic carbocycles. The van der Waals surface area contributed by atoms with Gasteiger partial charge in [-0.1, -0.05) is 37.6 Å². The topological polar surface area (TPSA) is 59.2 Å². The molecule has 0 radical (unpaired) electrons. The molecular weight excluding hydrogens is 359 g/mol. The Labute approximate surface area is 154 Å². The standard InChI is InChI=1S/C19H20F3N3O2/c1-18(2)10-25(14-5-3-4-13(14)18)16(26)12-8-6-11(7-9-12)15-23-17(27-24-15)19(20,21)22/h6-9,13-14H,3-5,10H2,1-2H3/t13-,14-/m1/s1. The molecule has 4 rings (SSSR count). The van der Waals surface area contributed by atoms with Gasteiger partial charge in [0.25, 0.3) is 5.91 Å². The van der Waals surface area contributed by atoms with Gasteiger partial charge in [0.15, 0.2) is 0 Å². The molecule has 2 aromatic rings. The number of alkyl halides is 3. The van der Waals surface area contributed by atoms with Crippen molar-refractivity contribution in [3.05, 3.63) is 35.7 Å². The Morgan fingerprint density at radius 3 is 2.56 bits per heavy atom. The number of amides is 1. The summed E-state index contributed by atoms with van der Waals surface area (Å²) in [6, 6.07) is 6.59. The number of likely N-dealkylation sites (tertiary alicyclic amines) is 1. The van der Waals surface area contributed by atoms with E-state index in [1.807, 2.05) is 4.90 Å². The Morgan fingerprint density at radius 2 is 1.93 bits per heavy atom. The van der Waals surface area contributed by atoms with Crippen LogP contribution in [0.2, 0.25) is 0 Å². The van der Waals surface area contributed by atoms with Crippen molar-refractivity contribution < 1.29 is 22.5 Å². The Bertz CT molecular complexity index is 858. The van der Waals surface area contributed by atoms with Crippen LogP contribution < -0.4 is 0 Å². The number of hydrogen-bond acceptors (Lipinski definition) is 4. The summed E-state index contributed by atoms with van der Waals surface area (Å²) in [7, 11) is 0. The van der Waals surface area contributed by atoms with E-state index in [4.69, 9.17) is 0 Å². The smallest absolute Gasteiger partial charge is 0.335 e. The van der Waals surface area contributed by atoms with E-state index in [-0.39, 0.29) is 23.2 Å². The summed E-state index contributed by atoms with van der Waals surface area (Å²) < 4.78 is 42.0. The van der Waals surface area contributed by atoms with E-state index in [1.54, 1.807) is 24.3 Å². The zero-order valence-electron chi connectivity index (χ0n) is 15.1. The van der Waals surface area contributed by atoms with E-state index in [9.17, 15) is 18.0 Å². The molecule has 1 aromatic heterocycles. The van der Waals surface area contributed by atoms with E-state index >= 15 is 0 Å². The minimum atomic E-state index is -4.68. The van der Waals surface area contributed by atoms with Crippen LogP contribution in [0.25, 0.3) is 11.4 Å². The second-order valence-corrected chi connectivity index (χ2v) is 8.02. The maximum Gasteiger partial charge on any atom is 0.471 e. The van der Waals surface area contributed by atoms with Crippen molar-refractivity contribution in [2.45, 2.75) is 45.3 Å². The number of carbonyl (C=O) groups is 1. The maximum absolute atomic E-state index is 13.0. The third-order valence-corrected chi connectivity index (χ3v) is 5.78. The van der Waals surface area contributed by atoms with E-state index in [0.29, 0.717) is 17.0 Å². The monoisotopic (exact) mass is 379 g/mol.